The lowest BCUT2D eigenvalue weighted by Gasteiger charge is -2.18. The van der Waals surface area contributed by atoms with Gasteiger partial charge in [0.1, 0.15) is 5.78 Å². The highest BCUT2D eigenvalue weighted by atomic mass is 16.5. The van der Waals surface area contributed by atoms with Crippen LogP contribution in [0.2, 0.25) is 0 Å². The van der Waals surface area contributed by atoms with Crippen molar-refractivity contribution < 1.29 is 9.53 Å². The van der Waals surface area contributed by atoms with Crippen molar-refractivity contribution in [1.82, 2.24) is 0 Å². The molecule has 0 fully saturated rings. The topological polar surface area (TPSA) is 26.3 Å². The van der Waals surface area contributed by atoms with Gasteiger partial charge < -0.3 is 4.74 Å². The molecule has 0 aliphatic heterocycles. The second kappa shape index (κ2) is 6.14. The SMILES string of the molecule is COC[C@H](CC(C)C)C(=O)C(C)C. The van der Waals surface area contributed by atoms with E-state index in [0.717, 1.165) is 6.42 Å². The minimum atomic E-state index is 0.0880. The van der Waals surface area contributed by atoms with Crippen LogP contribution in [0.25, 0.3) is 0 Å². The molecule has 0 aromatic carbocycles. The molecule has 0 amide bonds. The first-order valence-electron chi connectivity index (χ1n) is 5.01. The van der Waals surface area contributed by atoms with Gasteiger partial charge in [-0.15, -0.1) is 0 Å². The van der Waals surface area contributed by atoms with Crippen LogP contribution in [-0.4, -0.2) is 19.5 Å². The number of Topliss-reactive ketones (excluding diaryl/α,β-unsaturated/α-hetero) is 1. The summed E-state index contributed by atoms with van der Waals surface area (Å²) < 4.78 is 5.06. The summed E-state index contributed by atoms with van der Waals surface area (Å²) in [6.07, 6.45) is 0.935. The summed E-state index contributed by atoms with van der Waals surface area (Å²) in [5, 5.41) is 0. The van der Waals surface area contributed by atoms with Gasteiger partial charge in [-0.1, -0.05) is 27.7 Å². The summed E-state index contributed by atoms with van der Waals surface area (Å²) in [5.41, 5.74) is 0. The first-order valence-corrected chi connectivity index (χ1v) is 5.01. The third kappa shape index (κ3) is 5.04. The van der Waals surface area contributed by atoms with E-state index < -0.39 is 0 Å². The Balaban J connectivity index is 4.15. The highest BCUT2D eigenvalue weighted by molar-refractivity contribution is 5.82. The Labute approximate surface area is 81.7 Å². The molecule has 0 heterocycles. The number of methoxy groups -OCH3 is 1. The van der Waals surface area contributed by atoms with Crippen LogP contribution in [0, 0.1) is 17.8 Å². The van der Waals surface area contributed by atoms with Crippen LogP contribution in [0.1, 0.15) is 34.1 Å². The van der Waals surface area contributed by atoms with Crippen molar-refractivity contribution in [2.45, 2.75) is 34.1 Å². The molecule has 0 saturated heterocycles. The Morgan fingerprint density at radius 3 is 2.08 bits per heavy atom. The molecule has 1 atom stereocenters. The van der Waals surface area contributed by atoms with Crippen LogP contribution in [0.5, 0.6) is 0 Å². The van der Waals surface area contributed by atoms with Gasteiger partial charge in [0.2, 0.25) is 0 Å². The molecule has 0 unspecified atom stereocenters. The molecule has 0 radical (unpaired) electrons. The van der Waals surface area contributed by atoms with Gasteiger partial charge in [0.05, 0.1) is 6.61 Å². The molecule has 0 N–H and O–H groups in total. The lowest BCUT2D eigenvalue weighted by atomic mass is 9.89. The predicted octanol–water partition coefficient (Wildman–Crippen LogP) is 2.52. The van der Waals surface area contributed by atoms with E-state index in [0.29, 0.717) is 18.3 Å². The second-order valence-corrected chi connectivity index (χ2v) is 4.34. The van der Waals surface area contributed by atoms with Gasteiger partial charge in [0.25, 0.3) is 0 Å². The van der Waals surface area contributed by atoms with E-state index in [1.807, 2.05) is 13.8 Å². The Morgan fingerprint density at radius 1 is 1.23 bits per heavy atom. The molecule has 0 spiro atoms. The van der Waals surface area contributed by atoms with E-state index in [9.17, 15) is 4.79 Å². The van der Waals surface area contributed by atoms with E-state index in [1.165, 1.54) is 0 Å². The number of ether oxygens (including phenoxy) is 1. The number of rotatable bonds is 6. The number of hydrogen-bond acceptors (Lipinski definition) is 2. The fourth-order valence-corrected chi connectivity index (χ4v) is 1.51. The zero-order valence-corrected chi connectivity index (χ0v) is 9.46. The van der Waals surface area contributed by atoms with E-state index >= 15 is 0 Å². The van der Waals surface area contributed by atoms with Gasteiger partial charge in [-0.05, 0) is 12.3 Å². The summed E-state index contributed by atoms with van der Waals surface area (Å²) in [7, 11) is 1.65. The Bertz CT molecular complexity index is 150. The minimum Gasteiger partial charge on any atom is -0.384 e. The number of carbonyl (C=O) groups excluding carboxylic acids is 1. The summed E-state index contributed by atoms with van der Waals surface area (Å²) >= 11 is 0. The summed E-state index contributed by atoms with van der Waals surface area (Å²) in [5.74, 6) is 1.10. The van der Waals surface area contributed by atoms with Crippen molar-refractivity contribution in [3.8, 4) is 0 Å². The quantitative estimate of drug-likeness (QED) is 0.637. The average Bonchev–Trinajstić information content (AvgIpc) is 2.01. The van der Waals surface area contributed by atoms with E-state index in [-0.39, 0.29) is 11.8 Å². The largest absolute Gasteiger partial charge is 0.384 e. The van der Waals surface area contributed by atoms with Crippen LogP contribution in [0.15, 0.2) is 0 Å². The maximum absolute atomic E-state index is 11.7. The van der Waals surface area contributed by atoms with Crippen molar-refractivity contribution in [2.75, 3.05) is 13.7 Å². The van der Waals surface area contributed by atoms with Crippen molar-refractivity contribution >= 4 is 5.78 Å². The normalized spacial score (nSPS) is 13.8. The molecule has 0 saturated carbocycles. The zero-order valence-electron chi connectivity index (χ0n) is 9.46. The number of hydrogen-bond donors (Lipinski definition) is 0. The second-order valence-electron chi connectivity index (χ2n) is 4.34. The summed E-state index contributed by atoms with van der Waals surface area (Å²) in [6.45, 7) is 8.73. The number of ketones is 1. The van der Waals surface area contributed by atoms with Gasteiger partial charge in [0.15, 0.2) is 0 Å². The van der Waals surface area contributed by atoms with E-state index in [4.69, 9.17) is 4.74 Å². The molecular formula is C11H22O2. The molecular weight excluding hydrogens is 164 g/mol. The lowest BCUT2D eigenvalue weighted by molar-refractivity contribution is -0.128. The number of carbonyl (C=O) groups is 1. The van der Waals surface area contributed by atoms with Gasteiger partial charge in [-0.25, -0.2) is 0 Å². The molecule has 0 aliphatic rings. The van der Waals surface area contributed by atoms with Crippen LogP contribution < -0.4 is 0 Å². The lowest BCUT2D eigenvalue weighted by Crippen LogP contribution is -2.25. The maximum atomic E-state index is 11.7. The first-order chi connectivity index (χ1) is 5.99. The minimum absolute atomic E-state index is 0.0880. The molecule has 0 aromatic rings. The fourth-order valence-electron chi connectivity index (χ4n) is 1.51. The highest BCUT2D eigenvalue weighted by Gasteiger charge is 2.21. The predicted molar refractivity (Wildman–Crippen MR) is 54.7 cm³/mol. The van der Waals surface area contributed by atoms with Crippen molar-refractivity contribution in [3.05, 3.63) is 0 Å². The molecule has 2 heteroatoms. The van der Waals surface area contributed by atoms with Crippen molar-refractivity contribution in [1.29, 1.82) is 0 Å². The fraction of sp³-hybridized carbons (Fsp3) is 0.909. The molecule has 0 aromatic heterocycles. The van der Waals surface area contributed by atoms with Crippen LogP contribution in [0.3, 0.4) is 0 Å². The van der Waals surface area contributed by atoms with Crippen LogP contribution >= 0.6 is 0 Å². The molecule has 0 bridgehead atoms. The molecule has 78 valence electrons. The van der Waals surface area contributed by atoms with Crippen LogP contribution in [0.4, 0.5) is 0 Å². The zero-order chi connectivity index (χ0) is 10.4. The Morgan fingerprint density at radius 2 is 1.77 bits per heavy atom. The van der Waals surface area contributed by atoms with Gasteiger partial charge in [0, 0.05) is 18.9 Å². The smallest absolute Gasteiger partial charge is 0.140 e. The van der Waals surface area contributed by atoms with Gasteiger partial charge in [-0.3, -0.25) is 4.79 Å². The Kier molecular flexibility index (Phi) is 5.97. The summed E-state index contributed by atoms with van der Waals surface area (Å²) in [4.78, 5) is 11.7. The monoisotopic (exact) mass is 186 g/mol. The van der Waals surface area contributed by atoms with Crippen molar-refractivity contribution in [3.63, 3.8) is 0 Å². The van der Waals surface area contributed by atoms with Gasteiger partial charge >= 0.3 is 0 Å². The van der Waals surface area contributed by atoms with E-state index in [1.54, 1.807) is 7.11 Å². The third-order valence-corrected chi connectivity index (χ3v) is 2.10. The molecule has 2 nitrogen and oxygen atoms in total. The maximum Gasteiger partial charge on any atom is 0.140 e. The third-order valence-electron chi connectivity index (χ3n) is 2.10. The molecule has 0 rings (SSSR count). The molecule has 0 aliphatic carbocycles. The molecule has 13 heavy (non-hydrogen) atoms. The van der Waals surface area contributed by atoms with Gasteiger partial charge in [-0.2, -0.15) is 0 Å². The van der Waals surface area contributed by atoms with Crippen molar-refractivity contribution in [2.24, 2.45) is 17.8 Å². The highest BCUT2D eigenvalue weighted by Crippen LogP contribution is 2.16. The summed E-state index contributed by atoms with van der Waals surface area (Å²) in [6, 6.07) is 0. The first kappa shape index (κ1) is 12.6. The van der Waals surface area contributed by atoms with Crippen LogP contribution in [-0.2, 0) is 9.53 Å². The Hall–Kier alpha value is -0.370. The average molecular weight is 186 g/mol. The van der Waals surface area contributed by atoms with E-state index in [2.05, 4.69) is 13.8 Å². The standard InChI is InChI=1S/C11H22O2/c1-8(2)6-10(7-13-5)11(12)9(3)4/h8-10H,6-7H2,1-5H3/t10-/m0/s1.